The molecule has 2 aromatic rings. The molecular formula is C18H24N2O2S. The van der Waals surface area contributed by atoms with Gasteiger partial charge in [0.25, 0.3) is 0 Å². The van der Waals surface area contributed by atoms with Gasteiger partial charge in [-0.2, -0.15) is 0 Å². The lowest BCUT2D eigenvalue weighted by molar-refractivity contribution is 0.579. The van der Waals surface area contributed by atoms with Gasteiger partial charge in [0.1, 0.15) is 0 Å². The van der Waals surface area contributed by atoms with E-state index in [4.69, 9.17) is 0 Å². The minimum atomic E-state index is -3.41. The Hall–Kier alpha value is -1.85. The van der Waals surface area contributed by atoms with Crippen molar-refractivity contribution < 1.29 is 8.42 Å². The Bertz CT molecular complexity index is 721. The molecule has 124 valence electrons. The first-order valence-electron chi connectivity index (χ1n) is 7.71. The highest BCUT2D eigenvalue weighted by Gasteiger charge is 2.12. The van der Waals surface area contributed by atoms with Crippen molar-refractivity contribution >= 4 is 15.7 Å². The minimum Gasteiger partial charge on any atom is -0.378 e. The van der Waals surface area contributed by atoms with Crippen LogP contribution >= 0.6 is 0 Å². The zero-order valence-corrected chi connectivity index (χ0v) is 14.7. The van der Waals surface area contributed by atoms with Gasteiger partial charge in [-0.05, 0) is 49.6 Å². The second-order valence-electron chi connectivity index (χ2n) is 5.88. The summed E-state index contributed by atoms with van der Waals surface area (Å²) in [6, 6.07) is 15.2. The summed E-state index contributed by atoms with van der Waals surface area (Å²) in [5.74, 6) is 0. The number of hydrogen-bond donors (Lipinski definition) is 1. The highest BCUT2D eigenvalue weighted by Crippen LogP contribution is 2.14. The molecule has 5 heteroatoms. The van der Waals surface area contributed by atoms with Crippen LogP contribution in [0.25, 0.3) is 0 Å². The van der Waals surface area contributed by atoms with E-state index in [2.05, 4.69) is 33.9 Å². The molecule has 0 spiro atoms. The topological polar surface area (TPSA) is 49.4 Å². The summed E-state index contributed by atoms with van der Waals surface area (Å²) in [7, 11) is 0.611. The van der Waals surface area contributed by atoms with Crippen LogP contribution in [-0.4, -0.2) is 29.1 Å². The third-order valence-electron chi connectivity index (χ3n) is 3.72. The Morgan fingerprint density at radius 1 is 0.957 bits per heavy atom. The van der Waals surface area contributed by atoms with Crippen molar-refractivity contribution in [3.63, 3.8) is 0 Å². The van der Waals surface area contributed by atoms with Crippen LogP contribution in [0, 0.1) is 6.92 Å². The summed E-state index contributed by atoms with van der Waals surface area (Å²) in [5.41, 5.74) is 3.42. The van der Waals surface area contributed by atoms with Gasteiger partial charge in [0.05, 0.1) is 4.90 Å². The summed E-state index contributed by atoms with van der Waals surface area (Å²) in [6.07, 6.45) is 1.62. The molecule has 23 heavy (non-hydrogen) atoms. The summed E-state index contributed by atoms with van der Waals surface area (Å²) >= 11 is 0. The Labute approximate surface area is 139 Å². The lowest BCUT2D eigenvalue weighted by Crippen LogP contribution is -2.25. The fourth-order valence-electron chi connectivity index (χ4n) is 2.26. The number of hydrogen-bond acceptors (Lipinski definition) is 3. The number of aryl methyl sites for hydroxylation is 2. The van der Waals surface area contributed by atoms with Crippen LogP contribution in [0.2, 0.25) is 0 Å². The summed E-state index contributed by atoms with van der Waals surface area (Å²) in [4.78, 5) is 2.37. The molecule has 0 aliphatic carbocycles. The number of nitrogens with one attached hydrogen (secondary N) is 1. The van der Waals surface area contributed by atoms with E-state index in [1.807, 2.05) is 21.0 Å². The first-order valence-corrected chi connectivity index (χ1v) is 9.19. The van der Waals surface area contributed by atoms with Gasteiger partial charge in [-0.15, -0.1) is 0 Å². The highest BCUT2D eigenvalue weighted by molar-refractivity contribution is 7.89. The summed E-state index contributed by atoms with van der Waals surface area (Å²) in [5, 5.41) is 0. The van der Waals surface area contributed by atoms with Gasteiger partial charge in [-0.1, -0.05) is 29.8 Å². The van der Waals surface area contributed by atoms with Gasteiger partial charge in [0.2, 0.25) is 10.0 Å². The lowest BCUT2D eigenvalue weighted by atomic mass is 10.1. The maximum absolute atomic E-state index is 12.2. The van der Waals surface area contributed by atoms with E-state index in [0.29, 0.717) is 11.4 Å². The Morgan fingerprint density at radius 2 is 1.57 bits per heavy atom. The van der Waals surface area contributed by atoms with Gasteiger partial charge >= 0.3 is 0 Å². The number of sulfonamides is 1. The quantitative estimate of drug-likeness (QED) is 0.793. The fraction of sp³-hybridized carbons (Fsp3) is 0.333. The van der Waals surface area contributed by atoms with Crippen molar-refractivity contribution in [2.24, 2.45) is 0 Å². The first-order chi connectivity index (χ1) is 10.9. The number of nitrogens with zero attached hydrogens (tertiary/aromatic N) is 1. The second kappa shape index (κ2) is 7.62. The van der Waals surface area contributed by atoms with Gasteiger partial charge in [-0.3, -0.25) is 0 Å². The van der Waals surface area contributed by atoms with E-state index in [1.54, 1.807) is 24.3 Å². The smallest absolute Gasteiger partial charge is 0.240 e. The molecule has 0 aromatic heterocycles. The largest absolute Gasteiger partial charge is 0.378 e. The molecule has 0 bridgehead atoms. The van der Waals surface area contributed by atoms with Crippen LogP contribution in [0.1, 0.15) is 17.5 Å². The number of anilines is 1. The zero-order chi connectivity index (χ0) is 16.9. The van der Waals surface area contributed by atoms with Crippen molar-refractivity contribution in [2.45, 2.75) is 24.7 Å². The third-order valence-corrected chi connectivity index (χ3v) is 5.20. The van der Waals surface area contributed by atoms with Crippen LogP contribution < -0.4 is 9.62 Å². The predicted molar refractivity (Wildman–Crippen MR) is 95.5 cm³/mol. The highest BCUT2D eigenvalue weighted by atomic mass is 32.2. The van der Waals surface area contributed by atoms with E-state index in [0.717, 1.165) is 24.1 Å². The monoisotopic (exact) mass is 332 g/mol. The van der Waals surface area contributed by atoms with Crippen LogP contribution in [-0.2, 0) is 16.4 Å². The molecule has 0 aliphatic rings. The van der Waals surface area contributed by atoms with Crippen LogP contribution in [0.4, 0.5) is 5.69 Å². The van der Waals surface area contributed by atoms with Gasteiger partial charge in [-0.25, -0.2) is 13.1 Å². The van der Waals surface area contributed by atoms with Crippen LogP contribution in [0.5, 0.6) is 0 Å². The average molecular weight is 332 g/mol. The Balaban J connectivity index is 1.83. The average Bonchev–Trinajstić information content (AvgIpc) is 2.52. The van der Waals surface area contributed by atoms with Gasteiger partial charge < -0.3 is 4.90 Å². The molecular weight excluding hydrogens is 308 g/mol. The normalized spacial score (nSPS) is 11.4. The van der Waals surface area contributed by atoms with Crippen LogP contribution in [0.15, 0.2) is 53.4 Å². The maximum Gasteiger partial charge on any atom is 0.240 e. The van der Waals surface area contributed by atoms with Crippen molar-refractivity contribution in [1.82, 2.24) is 4.72 Å². The molecule has 0 saturated carbocycles. The van der Waals surface area contributed by atoms with E-state index >= 15 is 0 Å². The third kappa shape index (κ3) is 5.08. The fourth-order valence-corrected chi connectivity index (χ4v) is 3.33. The molecule has 0 fully saturated rings. The van der Waals surface area contributed by atoms with Crippen molar-refractivity contribution in [1.29, 1.82) is 0 Å². The molecule has 0 heterocycles. The molecule has 0 saturated heterocycles. The number of rotatable bonds is 7. The van der Waals surface area contributed by atoms with Crippen molar-refractivity contribution in [3.05, 3.63) is 59.7 Å². The van der Waals surface area contributed by atoms with Crippen molar-refractivity contribution in [2.75, 3.05) is 25.5 Å². The standard InChI is InChI=1S/C18H24N2O2S/c1-15-6-12-18(13-7-15)23(21,22)19-14-4-5-16-8-10-17(11-9-16)20(2)3/h6-13,19H,4-5,14H2,1-3H3. The van der Waals surface area contributed by atoms with Gasteiger partial charge in [0, 0.05) is 26.3 Å². The molecule has 0 radical (unpaired) electrons. The van der Waals surface area contributed by atoms with E-state index < -0.39 is 10.0 Å². The summed E-state index contributed by atoms with van der Waals surface area (Å²) in [6.45, 7) is 2.37. The second-order valence-corrected chi connectivity index (χ2v) is 7.64. The molecule has 1 N–H and O–H groups in total. The molecule has 4 nitrogen and oxygen atoms in total. The van der Waals surface area contributed by atoms with E-state index in [1.165, 1.54) is 5.56 Å². The first kappa shape index (κ1) is 17.5. The van der Waals surface area contributed by atoms with Crippen LogP contribution in [0.3, 0.4) is 0 Å². The zero-order valence-electron chi connectivity index (χ0n) is 13.9. The molecule has 0 aliphatic heterocycles. The molecule has 2 rings (SSSR count). The molecule has 2 aromatic carbocycles. The summed E-state index contributed by atoms with van der Waals surface area (Å²) < 4.78 is 27.0. The molecule has 0 unspecified atom stereocenters. The predicted octanol–water partition coefficient (Wildman–Crippen LogP) is 2.97. The molecule has 0 atom stereocenters. The lowest BCUT2D eigenvalue weighted by Gasteiger charge is -2.12. The number of benzene rings is 2. The SMILES string of the molecule is Cc1ccc(S(=O)(=O)NCCCc2ccc(N(C)C)cc2)cc1. The molecule has 0 amide bonds. The van der Waals surface area contributed by atoms with E-state index in [-0.39, 0.29) is 0 Å². The maximum atomic E-state index is 12.2. The van der Waals surface area contributed by atoms with E-state index in [9.17, 15) is 8.42 Å². The van der Waals surface area contributed by atoms with Gasteiger partial charge in [0.15, 0.2) is 0 Å². The Kier molecular flexibility index (Phi) is 5.80. The Morgan fingerprint density at radius 3 is 2.13 bits per heavy atom. The minimum absolute atomic E-state index is 0.318. The van der Waals surface area contributed by atoms with Crippen molar-refractivity contribution in [3.8, 4) is 0 Å².